The second-order valence-corrected chi connectivity index (χ2v) is 4.71. The van der Waals surface area contributed by atoms with Crippen LogP contribution in [0.2, 0.25) is 0 Å². The predicted molar refractivity (Wildman–Crippen MR) is 68.1 cm³/mol. The lowest BCUT2D eigenvalue weighted by Gasteiger charge is -2.17. The number of hydrogen-bond acceptors (Lipinski definition) is 2. The number of carboxylic acid groups (broad SMARTS) is 1. The summed E-state index contributed by atoms with van der Waals surface area (Å²) in [5, 5.41) is 8.57. The first kappa shape index (κ1) is 13.7. The number of benzene rings is 1. The lowest BCUT2D eigenvalue weighted by atomic mass is 10.1. The van der Waals surface area contributed by atoms with Crippen LogP contribution in [-0.2, 0) is 4.79 Å². The maximum Gasteiger partial charge on any atom is 0.305 e. The molecule has 92 valence electrons. The van der Waals surface area contributed by atoms with Gasteiger partial charge in [-0.2, -0.15) is 0 Å². The smallest absolute Gasteiger partial charge is 0.305 e. The van der Waals surface area contributed by atoms with E-state index in [2.05, 4.69) is 15.9 Å². The SMILES string of the molecule is Cc1ccc(Br)c(C(=O)N(C)CCC(=O)O)c1. The van der Waals surface area contributed by atoms with Gasteiger partial charge in [-0.15, -0.1) is 0 Å². The van der Waals surface area contributed by atoms with Crippen LogP contribution in [0.1, 0.15) is 22.3 Å². The van der Waals surface area contributed by atoms with Gasteiger partial charge in [0.05, 0.1) is 12.0 Å². The maximum atomic E-state index is 12.0. The quantitative estimate of drug-likeness (QED) is 0.928. The molecule has 0 aliphatic carbocycles. The summed E-state index contributed by atoms with van der Waals surface area (Å²) < 4.78 is 0.718. The number of nitrogens with zero attached hydrogens (tertiary/aromatic N) is 1. The van der Waals surface area contributed by atoms with Crippen molar-refractivity contribution in [2.45, 2.75) is 13.3 Å². The van der Waals surface area contributed by atoms with Crippen LogP contribution in [0.5, 0.6) is 0 Å². The van der Waals surface area contributed by atoms with E-state index in [-0.39, 0.29) is 18.9 Å². The van der Waals surface area contributed by atoms with Gasteiger partial charge in [-0.3, -0.25) is 9.59 Å². The van der Waals surface area contributed by atoms with Gasteiger partial charge in [-0.1, -0.05) is 11.6 Å². The van der Waals surface area contributed by atoms with Crippen molar-refractivity contribution in [3.8, 4) is 0 Å². The molecular weight excluding hydrogens is 286 g/mol. The average Bonchev–Trinajstić information content (AvgIpc) is 2.28. The second-order valence-electron chi connectivity index (χ2n) is 3.85. The van der Waals surface area contributed by atoms with Crippen molar-refractivity contribution >= 4 is 27.8 Å². The largest absolute Gasteiger partial charge is 0.481 e. The van der Waals surface area contributed by atoms with Crippen LogP contribution in [-0.4, -0.2) is 35.5 Å². The summed E-state index contributed by atoms with van der Waals surface area (Å²) in [5.41, 5.74) is 1.54. The Hall–Kier alpha value is -1.36. The summed E-state index contributed by atoms with van der Waals surface area (Å²) in [6.07, 6.45) is -0.0499. The molecule has 0 aromatic heterocycles. The Morgan fingerprint density at radius 1 is 1.41 bits per heavy atom. The van der Waals surface area contributed by atoms with Gasteiger partial charge in [0.25, 0.3) is 5.91 Å². The highest BCUT2D eigenvalue weighted by molar-refractivity contribution is 9.10. The van der Waals surface area contributed by atoms with Gasteiger partial charge in [-0.25, -0.2) is 0 Å². The Bertz CT molecular complexity index is 445. The summed E-state index contributed by atoms with van der Waals surface area (Å²) >= 11 is 3.32. The Labute approximate surface area is 108 Å². The van der Waals surface area contributed by atoms with Gasteiger partial charge in [0.1, 0.15) is 0 Å². The molecule has 0 bridgehead atoms. The third-order valence-corrected chi connectivity index (χ3v) is 3.05. The highest BCUT2D eigenvalue weighted by atomic mass is 79.9. The van der Waals surface area contributed by atoms with Crippen molar-refractivity contribution in [3.05, 3.63) is 33.8 Å². The Kier molecular flexibility index (Phi) is 4.69. The highest BCUT2D eigenvalue weighted by Crippen LogP contribution is 2.19. The molecule has 0 atom stereocenters. The van der Waals surface area contributed by atoms with E-state index in [4.69, 9.17) is 5.11 Å². The van der Waals surface area contributed by atoms with Gasteiger partial charge >= 0.3 is 5.97 Å². The van der Waals surface area contributed by atoms with Crippen LogP contribution >= 0.6 is 15.9 Å². The van der Waals surface area contributed by atoms with Crippen LogP contribution in [0, 0.1) is 6.92 Å². The fraction of sp³-hybridized carbons (Fsp3) is 0.333. The molecule has 5 heteroatoms. The predicted octanol–water partition coefficient (Wildman–Crippen LogP) is 2.30. The van der Waals surface area contributed by atoms with Crippen LogP contribution < -0.4 is 0 Å². The van der Waals surface area contributed by atoms with Gasteiger partial charge < -0.3 is 10.0 Å². The number of amides is 1. The molecule has 0 aliphatic heterocycles. The zero-order valence-electron chi connectivity index (χ0n) is 9.74. The Morgan fingerprint density at radius 2 is 2.06 bits per heavy atom. The number of hydrogen-bond donors (Lipinski definition) is 1. The van der Waals surface area contributed by atoms with Crippen molar-refractivity contribution in [3.63, 3.8) is 0 Å². The van der Waals surface area contributed by atoms with Gasteiger partial charge in [0.15, 0.2) is 0 Å². The number of carbonyl (C=O) groups is 2. The molecule has 0 saturated carbocycles. The minimum Gasteiger partial charge on any atom is -0.481 e. The fourth-order valence-electron chi connectivity index (χ4n) is 1.37. The first-order chi connectivity index (χ1) is 7.91. The molecule has 1 aromatic rings. The Morgan fingerprint density at radius 3 is 2.65 bits per heavy atom. The standard InChI is InChI=1S/C12H14BrNO3/c1-8-3-4-10(13)9(7-8)12(17)14(2)6-5-11(15)16/h3-4,7H,5-6H2,1-2H3,(H,15,16). The maximum absolute atomic E-state index is 12.0. The number of aryl methyl sites for hydroxylation is 1. The van der Waals surface area contributed by atoms with Crippen molar-refractivity contribution < 1.29 is 14.7 Å². The molecule has 17 heavy (non-hydrogen) atoms. The summed E-state index contributed by atoms with van der Waals surface area (Å²) in [6.45, 7) is 2.11. The van der Waals surface area contributed by atoms with Gasteiger partial charge in [-0.05, 0) is 35.0 Å². The van der Waals surface area contributed by atoms with Crippen LogP contribution in [0.15, 0.2) is 22.7 Å². The van der Waals surface area contributed by atoms with E-state index in [1.54, 1.807) is 13.1 Å². The van der Waals surface area contributed by atoms with E-state index in [0.29, 0.717) is 5.56 Å². The van der Waals surface area contributed by atoms with Gasteiger partial charge in [0, 0.05) is 18.1 Å². The molecule has 0 heterocycles. The first-order valence-corrected chi connectivity index (χ1v) is 5.94. The Balaban J connectivity index is 2.81. The van der Waals surface area contributed by atoms with Gasteiger partial charge in [0.2, 0.25) is 0 Å². The van der Waals surface area contributed by atoms with E-state index in [9.17, 15) is 9.59 Å². The molecule has 0 saturated heterocycles. The second kappa shape index (κ2) is 5.82. The third-order valence-electron chi connectivity index (χ3n) is 2.36. The molecule has 1 aromatic carbocycles. The lowest BCUT2D eigenvalue weighted by molar-refractivity contribution is -0.137. The lowest BCUT2D eigenvalue weighted by Crippen LogP contribution is -2.29. The molecule has 4 nitrogen and oxygen atoms in total. The minimum atomic E-state index is -0.909. The molecule has 0 spiro atoms. The van der Waals surface area contributed by atoms with Crippen molar-refractivity contribution in [2.75, 3.05) is 13.6 Å². The fourth-order valence-corrected chi connectivity index (χ4v) is 1.79. The number of carbonyl (C=O) groups excluding carboxylic acids is 1. The highest BCUT2D eigenvalue weighted by Gasteiger charge is 2.15. The van der Waals surface area contributed by atoms with E-state index in [1.807, 2.05) is 19.1 Å². The monoisotopic (exact) mass is 299 g/mol. The summed E-state index contributed by atoms with van der Waals surface area (Å²) in [5.74, 6) is -1.09. The van der Waals surface area contributed by atoms with Crippen LogP contribution in [0.25, 0.3) is 0 Å². The molecular formula is C12H14BrNO3. The van der Waals surface area contributed by atoms with E-state index in [1.165, 1.54) is 4.90 Å². The minimum absolute atomic E-state index is 0.0499. The zero-order chi connectivity index (χ0) is 13.0. The molecule has 0 unspecified atom stereocenters. The number of rotatable bonds is 4. The van der Waals surface area contributed by atoms with Crippen molar-refractivity contribution in [2.24, 2.45) is 0 Å². The zero-order valence-corrected chi connectivity index (χ0v) is 11.3. The molecule has 1 N–H and O–H groups in total. The van der Waals surface area contributed by atoms with E-state index < -0.39 is 5.97 Å². The molecule has 0 fully saturated rings. The average molecular weight is 300 g/mol. The first-order valence-electron chi connectivity index (χ1n) is 5.15. The number of carboxylic acids is 1. The van der Waals surface area contributed by atoms with Crippen LogP contribution in [0.3, 0.4) is 0 Å². The van der Waals surface area contributed by atoms with Crippen LogP contribution in [0.4, 0.5) is 0 Å². The molecule has 0 aliphatic rings. The topological polar surface area (TPSA) is 57.6 Å². The number of halogens is 1. The van der Waals surface area contributed by atoms with Crippen molar-refractivity contribution in [1.82, 2.24) is 4.90 Å². The molecule has 1 rings (SSSR count). The third kappa shape index (κ3) is 3.85. The van der Waals surface area contributed by atoms with Crippen molar-refractivity contribution in [1.29, 1.82) is 0 Å². The molecule has 1 amide bonds. The van der Waals surface area contributed by atoms with E-state index in [0.717, 1.165) is 10.0 Å². The molecule has 0 radical (unpaired) electrons. The van der Waals surface area contributed by atoms with E-state index >= 15 is 0 Å². The normalized spacial score (nSPS) is 10.1. The summed E-state index contributed by atoms with van der Waals surface area (Å²) in [7, 11) is 1.60. The summed E-state index contributed by atoms with van der Waals surface area (Å²) in [6, 6.07) is 5.50. The summed E-state index contributed by atoms with van der Waals surface area (Å²) in [4.78, 5) is 23.9. The number of aliphatic carboxylic acids is 1.